The average molecular weight is 579 g/mol. The topological polar surface area (TPSA) is 120 Å². The van der Waals surface area contributed by atoms with Gasteiger partial charge in [0, 0.05) is 74.1 Å². The van der Waals surface area contributed by atoms with Gasteiger partial charge in [0.2, 0.25) is 5.95 Å². The summed E-state index contributed by atoms with van der Waals surface area (Å²) in [6.07, 6.45) is 3.69. The van der Waals surface area contributed by atoms with Crippen molar-refractivity contribution in [1.82, 2.24) is 19.8 Å². The zero-order valence-corrected chi connectivity index (χ0v) is 25.1. The fourth-order valence-corrected chi connectivity index (χ4v) is 6.76. The van der Waals surface area contributed by atoms with Crippen LogP contribution in [0, 0.1) is 17.0 Å². The van der Waals surface area contributed by atoms with Crippen LogP contribution in [-0.4, -0.2) is 90.4 Å². The fraction of sp³-hybridized carbons (Fsp3) is 0.448. The number of nitrogens with one attached hydrogen (secondary N) is 2. The predicted molar refractivity (Wildman–Crippen MR) is 166 cm³/mol. The van der Waals surface area contributed by atoms with Crippen LogP contribution in [0.25, 0.3) is 0 Å². The van der Waals surface area contributed by atoms with Crippen molar-refractivity contribution in [3.05, 3.63) is 64.3 Å². The van der Waals surface area contributed by atoms with Gasteiger partial charge in [0.25, 0.3) is 5.69 Å². The molecule has 0 saturated carbocycles. The number of hydrogen-bond acceptors (Lipinski definition) is 10. The molecular formula is C29H39N8O3P. The van der Waals surface area contributed by atoms with E-state index in [1.165, 1.54) is 0 Å². The van der Waals surface area contributed by atoms with Crippen LogP contribution in [0.1, 0.15) is 18.4 Å². The fourth-order valence-electron chi connectivity index (χ4n) is 5.61. The van der Waals surface area contributed by atoms with E-state index in [9.17, 15) is 14.7 Å². The van der Waals surface area contributed by atoms with Crippen molar-refractivity contribution in [3.63, 3.8) is 0 Å². The highest BCUT2D eigenvalue weighted by Crippen LogP contribution is 2.38. The van der Waals surface area contributed by atoms with E-state index in [-0.39, 0.29) is 10.6 Å². The second-order valence-electron chi connectivity index (χ2n) is 11.4. The highest BCUT2D eigenvalue weighted by atomic mass is 31.2. The number of nitrogens with zero attached hydrogens (tertiary/aromatic N) is 6. The molecule has 0 spiro atoms. The molecule has 1 aromatic heterocycles. The SMILES string of the molecule is Cc1cnc(Nc2ccc(N3CCC(N4CCN(C)CC4)CC3)c([N+](=O)[O-])c2)nc1Nc1ccccc1P(C)(C)=O. The minimum atomic E-state index is -2.51. The maximum atomic E-state index is 12.8. The summed E-state index contributed by atoms with van der Waals surface area (Å²) in [5.41, 5.74) is 2.78. The molecule has 2 aliphatic rings. The molecule has 41 heavy (non-hydrogen) atoms. The van der Waals surface area contributed by atoms with Gasteiger partial charge in [0.1, 0.15) is 18.6 Å². The third-order valence-corrected chi connectivity index (χ3v) is 9.55. The number of nitro groups is 1. The van der Waals surface area contributed by atoms with Gasteiger partial charge in [-0.2, -0.15) is 4.98 Å². The molecule has 0 amide bonds. The highest BCUT2D eigenvalue weighted by molar-refractivity contribution is 7.70. The summed E-state index contributed by atoms with van der Waals surface area (Å²) >= 11 is 0. The number of para-hydroxylation sites is 1. The lowest BCUT2D eigenvalue weighted by Gasteiger charge is -2.42. The van der Waals surface area contributed by atoms with Crippen molar-refractivity contribution < 1.29 is 9.49 Å². The van der Waals surface area contributed by atoms with E-state index < -0.39 is 7.14 Å². The molecule has 3 aromatic rings. The summed E-state index contributed by atoms with van der Waals surface area (Å²) in [5, 5.41) is 19.3. The van der Waals surface area contributed by atoms with Crippen LogP contribution < -0.4 is 20.8 Å². The van der Waals surface area contributed by atoms with Gasteiger partial charge >= 0.3 is 0 Å². The number of nitro benzene ring substituents is 1. The molecule has 0 bridgehead atoms. The number of rotatable bonds is 8. The lowest BCUT2D eigenvalue weighted by atomic mass is 10.0. The largest absolute Gasteiger partial charge is 0.366 e. The molecule has 3 heterocycles. The third kappa shape index (κ3) is 6.86. The molecule has 11 nitrogen and oxygen atoms in total. The Balaban J connectivity index is 1.30. The normalized spacial score (nSPS) is 17.4. The summed E-state index contributed by atoms with van der Waals surface area (Å²) in [7, 11) is -0.350. The highest BCUT2D eigenvalue weighted by Gasteiger charge is 2.29. The number of hydrogen-bond donors (Lipinski definition) is 2. The van der Waals surface area contributed by atoms with Crippen molar-refractivity contribution in [3.8, 4) is 0 Å². The van der Waals surface area contributed by atoms with Crippen molar-refractivity contribution in [2.45, 2.75) is 25.8 Å². The van der Waals surface area contributed by atoms with Crippen molar-refractivity contribution in [1.29, 1.82) is 0 Å². The van der Waals surface area contributed by atoms with Crippen LogP contribution in [0.3, 0.4) is 0 Å². The molecule has 2 N–H and O–H groups in total. The van der Waals surface area contributed by atoms with Crippen molar-refractivity contribution >= 4 is 47.0 Å². The van der Waals surface area contributed by atoms with Gasteiger partial charge in [-0.15, -0.1) is 0 Å². The van der Waals surface area contributed by atoms with Crippen LogP contribution in [0.2, 0.25) is 0 Å². The second kappa shape index (κ2) is 12.1. The van der Waals surface area contributed by atoms with Gasteiger partial charge in [0.15, 0.2) is 0 Å². The first-order valence-corrected chi connectivity index (χ1v) is 16.7. The Kier molecular flexibility index (Phi) is 8.58. The number of benzene rings is 2. The molecule has 12 heteroatoms. The molecule has 0 atom stereocenters. The third-order valence-electron chi connectivity index (χ3n) is 8.00. The quantitative estimate of drug-likeness (QED) is 0.222. The second-order valence-corrected chi connectivity index (χ2v) is 14.5. The first kappa shape index (κ1) is 29.0. The molecule has 2 saturated heterocycles. The number of piperidine rings is 1. The van der Waals surface area contributed by atoms with E-state index in [4.69, 9.17) is 0 Å². The molecule has 2 aromatic carbocycles. The monoisotopic (exact) mass is 578 g/mol. The Morgan fingerprint density at radius 3 is 2.39 bits per heavy atom. The van der Waals surface area contributed by atoms with E-state index in [2.05, 4.69) is 42.3 Å². The van der Waals surface area contributed by atoms with Gasteiger partial charge in [-0.25, -0.2) is 4.98 Å². The lowest BCUT2D eigenvalue weighted by molar-refractivity contribution is -0.384. The van der Waals surface area contributed by atoms with Gasteiger partial charge in [0.05, 0.1) is 10.6 Å². The summed E-state index contributed by atoms with van der Waals surface area (Å²) in [6.45, 7) is 11.3. The number of anilines is 5. The van der Waals surface area contributed by atoms with E-state index in [0.29, 0.717) is 29.2 Å². The standard InChI is InChI=1S/C29H39N8O3P/c1-21-20-30-29(33-28(21)32-24-7-5-6-8-27(24)41(3,4)40)31-22-9-10-25(26(19-22)37(38)39)36-13-11-23(12-14-36)35-17-15-34(2)16-18-35/h5-10,19-20,23H,11-18H2,1-4H3,(H2,30,31,32,33). The molecule has 218 valence electrons. The molecule has 5 rings (SSSR count). The zero-order chi connectivity index (χ0) is 29.1. The Morgan fingerprint density at radius 1 is 1.00 bits per heavy atom. The summed E-state index contributed by atoms with van der Waals surface area (Å²) in [6, 6.07) is 13.2. The van der Waals surface area contributed by atoms with E-state index in [0.717, 1.165) is 68.7 Å². The molecule has 0 aliphatic carbocycles. The van der Waals surface area contributed by atoms with Crippen molar-refractivity contribution in [2.24, 2.45) is 0 Å². The first-order chi connectivity index (χ1) is 19.6. The van der Waals surface area contributed by atoms with Crippen LogP contribution in [0.15, 0.2) is 48.7 Å². The van der Waals surface area contributed by atoms with Crippen LogP contribution in [-0.2, 0) is 4.57 Å². The maximum absolute atomic E-state index is 12.8. The molecule has 0 unspecified atom stereocenters. The predicted octanol–water partition coefficient (Wildman–Crippen LogP) is 4.64. The van der Waals surface area contributed by atoms with E-state index in [1.807, 2.05) is 43.3 Å². The first-order valence-electron chi connectivity index (χ1n) is 14.1. The van der Waals surface area contributed by atoms with Gasteiger partial charge in [-0.3, -0.25) is 15.0 Å². The molecular weight excluding hydrogens is 539 g/mol. The minimum absolute atomic E-state index is 0.0640. The zero-order valence-electron chi connectivity index (χ0n) is 24.2. The number of likely N-dealkylation sites (N-methyl/N-ethyl adjacent to an activating group) is 1. The number of aryl methyl sites for hydroxylation is 1. The maximum Gasteiger partial charge on any atom is 0.294 e. The van der Waals surface area contributed by atoms with E-state index >= 15 is 0 Å². The summed E-state index contributed by atoms with van der Waals surface area (Å²) in [4.78, 5) is 27.9. The average Bonchev–Trinajstić information content (AvgIpc) is 2.95. The molecule has 2 fully saturated rings. The van der Waals surface area contributed by atoms with Gasteiger partial charge in [-0.05, 0) is 64.4 Å². The Bertz CT molecular complexity index is 1450. The summed E-state index contributed by atoms with van der Waals surface area (Å²) < 4.78 is 12.8. The van der Waals surface area contributed by atoms with E-state index in [1.54, 1.807) is 25.6 Å². The van der Waals surface area contributed by atoms with Crippen molar-refractivity contribution in [2.75, 3.05) is 75.2 Å². The summed E-state index contributed by atoms with van der Waals surface area (Å²) in [5.74, 6) is 0.875. The Hall–Kier alpha value is -3.53. The lowest BCUT2D eigenvalue weighted by Crippen LogP contribution is -2.52. The van der Waals surface area contributed by atoms with Crippen LogP contribution in [0.5, 0.6) is 0 Å². The smallest absolute Gasteiger partial charge is 0.294 e. The van der Waals surface area contributed by atoms with Gasteiger partial charge < -0.3 is 25.0 Å². The Labute approximate surface area is 241 Å². The molecule has 2 aliphatic heterocycles. The van der Waals surface area contributed by atoms with Gasteiger partial charge in [-0.1, -0.05) is 12.1 Å². The molecule has 0 radical (unpaired) electrons. The minimum Gasteiger partial charge on any atom is -0.366 e. The number of piperazine rings is 1. The van der Waals surface area contributed by atoms with Crippen LogP contribution >= 0.6 is 7.14 Å². The number of aromatic nitrogens is 2. The Morgan fingerprint density at radius 2 is 1.71 bits per heavy atom. The van der Waals surface area contributed by atoms with Crippen LogP contribution in [0.4, 0.5) is 34.5 Å².